The van der Waals surface area contributed by atoms with Crippen LogP contribution in [0.15, 0.2) is 61.4 Å². The van der Waals surface area contributed by atoms with Crippen LogP contribution in [0, 0.1) is 0 Å². The first-order valence-electron chi connectivity index (χ1n) is 5.01. The topological polar surface area (TPSA) is 12.9 Å². The van der Waals surface area contributed by atoms with Crippen LogP contribution in [0.3, 0.4) is 0 Å². The number of aromatic nitrogens is 1. The molecule has 2 aromatic rings. The number of allylic oxidation sites excluding steroid dienone is 1. The summed E-state index contributed by atoms with van der Waals surface area (Å²) in [4.78, 5) is 4.17. The zero-order valence-electron chi connectivity index (χ0n) is 8.56. The van der Waals surface area contributed by atoms with Gasteiger partial charge in [0.1, 0.15) is 0 Å². The maximum Gasteiger partial charge on any atom is 0.0349 e. The summed E-state index contributed by atoms with van der Waals surface area (Å²) in [6.07, 6.45) is 6.54. The van der Waals surface area contributed by atoms with E-state index >= 15 is 0 Å². The van der Waals surface area contributed by atoms with E-state index in [2.05, 4.69) is 23.7 Å². The summed E-state index contributed by atoms with van der Waals surface area (Å²) >= 11 is 0. The van der Waals surface area contributed by atoms with E-state index in [4.69, 9.17) is 0 Å². The van der Waals surface area contributed by atoms with Crippen LogP contribution in [0.1, 0.15) is 5.56 Å². The monoisotopic (exact) mass is 195 g/mol. The highest BCUT2D eigenvalue weighted by Crippen LogP contribution is 2.22. The van der Waals surface area contributed by atoms with Crippen molar-refractivity contribution in [2.75, 3.05) is 0 Å². The molecule has 1 heterocycles. The molecular weight excluding hydrogens is 182 g/mol. The highest BCUT2D eigenvalue weighted by atomic mass is 14.6. The van der Waals surface area contributed by atoms with Crippen LogP contribution in [0.4, 0.5) is 0 Å². The van der Waals surface area contributed by atoms with Gasteiger partial charge in [-0.2, -0.15) is 0 Å². The van der Waals surface area contributed by atoms with Crippen molar-refractivity contribution in [1.29, 1.82) is 0 Å². The summed E-state index contributed by atoms with van der Waals surface area (Å²) in [7, 11) is 0. The van der Waals surface area contributed by atoms with E-state index in [1.165, 1.54) is 16.7 Å². The maximum atomic E-state index is 4.17. The molecule has 1 nitrogen and oxygen atoms in total. The Morgan fingerprint density at radius 3 is 2.67 bits per heavy atom. The minimum Gasteiger partial charge on any atom is -0.264 e. The minimum absolute atomic E-state index is 0.882. The van der Waals surface area contributed by atoms with Crippen LogP contribution in [0.25, 0.3) is 11.1 Å². The lowest BCUT2D eigenvalue weighted by atomic mass is 10.0. The highest BCUT2D eigenvalue weighted by molar-refractivity contribution is 5.66. The third-order valence-corrected chi connectivity index (χ3v) is 2.36. The first kappa shape index (κ1) is 9.66. The molecule has 0 N–H and O–H groups in total. The van der Waals surface area contributed by atoms with E-state index in [1.807, 2.05) is 42.7 Å². The van der Waals surface area contributed by atoms with Crippen molar-refractivity contribution in [1.82, 2.24) is 4.98 Å². The highest BCUT2D eigenvalue weighted by Gasteiger charge is 2.02. The van der Waals surface area contributed by atoms with Crippen LogP contribution < -0.4 is 0 Å². The van der Waals surface area contributed by atoms with Crippen molar-refractivity contribution in [3.63, 3.8) is 0 Å². The molecule has 0 fully saturated rings. The summed E-state index contributed by atoms with van der Waals surface area (Å²) in [6, 6.07) is 12.4. The second kappa shape index (κ2) is 4.56. The zero-order valence-corrected chi connectivity index (χ0v) is 8.56. The molecular formula is C14H13N. The van der Waals surface area contributed by atoms with E-state index in [0.29, 0.717) is 0 Å². The second-order valence-corrected chi connectivity index (χ2v) is 3.39. The van der Waals surface area contributed by atoms with Gasteiger partial charge in [0.25, 0.3) is 0 Å². The Morgan fingerprint density at radius 1 is 1.13 bits per heavy atom. The molecule has 0 aliphatic heterocycles. The van der Waals surface area contributed by atoms with Crippen LogP contribution in [-0.2, 0) is 6.42 Å². The van der Waals surface area contributed by atoms with Gasteiger partial charge in [0.05, 0.1) is 0 Å². The van der Waals surface area contributed by atoms with Crippen molar-refractivity contribution in [3.05, 3.63) is 67.0 Å². The molecule has 0 aliphatic rings. The van der Waals surface area contributed by atoms with Gasteiger partial charge >= 0.3 is 0 Å². The Balaban J connectivity index is 2.48. The first-order chi connectivity index (χ1) is 7.42. The van der Waals surface area contributed by atoms with E-state index in [1.54, 1.807) is 0 Å². The van der Waals surface area contributed by atoms with Gasteiger partial charge in [-0.05, 0) is 23.6 Å². The standard InChI is InChI=1S/C14H13N/c1-2-6-12-9-10-15-11-14(12)13-7-4-3-5-8-13/h2-5,7-11H,1,6H2. The number of rotatable bonds is 3. The number of nitrogens with zero attached hydrogens (tertiary/aromatic N) is 1. The average molecular weight is 195 g/mol. The molecule has 0 saturated heterocycles. The van der Waals surface area contributed by atoms with Crippen molar-refractivity contribution < 1.29 is 0 Å². The van der Waals surface area contributed by atoms with E-state index in [0.717, 1.165) is 6.42 Å². The molecule has 15 heavy (non-hydrogen) atoms. The summed E-state index contributed by atoms with van der Waals surface area (Å²) in [5, 5.41) is 0. The van der Waals surface area contributed by atoms with Crippen LogP contribution >= 0.6 is 0 Å². The number of hydrogen-bond acceptors (Lipinski definition) is 1. The molecule has 0 saturated carbocycles. The van der Waals surface area contributed by atoms with E-state index < -0.39 is 0 Å². The number of benzene rings is 1. The molecule has 0 spiro atoms. The molecule has 0 bridgehead atoms. The number of hydrogen-bond donors (Lipinski definition) is 0. The molecule has 0 aliphatic carbocycles. The predicted molar refractivity (Wildman–Crippen MR) is 63.6 cm³/mol. The molecule has 74 valence electrons. The third kappa shape index (κ3) is 2.13. The number of pyridine rings is 1. The van der Waals surface area contributed by atoms with Gasteiger partial charge in [-0.15, -0.1) is 6.58 Å². The molecule has 1 heteroatoms. The quantitative estimate of drug-likeness (QED) is 0.683. The second-order valence-electron chi connectivity index (χ2n) is 3.39. The van der Waals surface area contributed by atoms with Gasteiger partial charge in [-0.3, -0.25) is 4.98 Å². The lowest BCUT2D eigenvalue weighted by Gasteiger charge is -2.06. The SMILES string of the molecule is C=CCc1ccncc1-c1ccccc1. The largest absolute Gasteiger partial charge is 0.264 e. The van der Waals surface area contributed by atoms with Gasteiger partial charge in [0.2, 0.25) is 0 Å². The molecule has 1 aromatic carbocycles. The molecule has 2 rings (SSSR count). The van der Waals surface area contributed by atoms with Crippen molar-refractivity contribution in [3.8, 4) is 11.1 Å². The van der Waals surface area contributed by atoms with Gasteiger partial charge in [-0.25, -0.2) is 0 Å². The lowest BCUT2D eigenvalue weighted by Crippen LogP contribution is -1.88. The normalized spacial score (nSPS) is 9.87. The predicted octanol–water partition coefficient (Wildman–Crippen LogP) is 3.48. The Hall–Kier alpha value is -1.89. The fourth-order valence-electron chi connectivity index (χ4n) is 1.63. The molecule has 0 amide bonds. The van der Waals surface area contributed by atoms with Crippen LogP contribution in [0.2, 0.25) is 0 Å². The Bertz CT molecular complexity index is 446. The van der Waals surface area contributed by atoms with Gasteiger partial charge in [0.15, 0.2) is 0 Å². The maximum absolute atomic E-state index is 4.17. The van der Waals surface area contributed by atoms with E-state index in [9.17, 15) is 0 Å². The zero-order chi connectivity index (χ0) is 10.5. The molecule has 0 atom stereocenters. The summed E-state index contributed by atoms with van der Waals surface area (Å²) < 4.78 is 0. The Labute approximate surface area is 90.1 Å². The Morgan fingerprint density at radius 2 is 1.93 bits per heavy atom. The smallest absolute Gasteiger partial charge is 0.0349 e. The summed E-state index contributed by atoms with van der Waals surface area (Å²) in [5.74, 6) is 0. The average Bonchev–Trinajstić information content (AvgIpc) is 2.31. The fourth-order valence-corrected chi connectivity index (χ4v) is 1.63. The van der Waals surface area contributed by atoms with Gasteiger partial charge in [-0.1, -0.05) is 36.4 Å². The van der Waals surface area contributed by atoms with Crippen molar-refractivity contribution >= 4 is 0 Å². The first-order valence-corrected chi connectivity index (χ1v) is 5.01. The van der Waals surface area contributed by atoms with Gasteiger partial charge < -0.3 is 0 Å². The van der Waals surface area contributed by atoms with Crippen molar-refractivity contribution in [2.45, 2.75) is 6.42 Å². The van der Waals surface area contributed by atoms with Crippen molar-refractivity contribution in [2.24, 2.45) is 0 Å². The van der Waals surface area contributed by atoms with E-state index in [-0.39, 0.29) is 0 Å². The van der Waals surface area contributed by atoms with Gasteiger partial charge in [0, 0.05) is 18.0 Å². The third-order valence-electron chi connectivity index (χ3n) is 2.36. The van der Waals surface area contributed by atoms with Crippen LogP contribution in [-0.4, -0.2) is 4.98 Å². The van der Waals surface area contributed by atoms with Crippen LogP contribution in [0.5, 0.6) is 0 Å². The Kier molecular flexibility index (Phi) is 2.93. The summed E-state index contributed by atoms with van der Waals surface area (Å²) in [5.41, 5.74) is 3.67. The molecule has 0 unspecified atom stereocenters. The summed E-state index contributed by atoms with van der Waals surface area (Å²) in [6.45, 7) is 3.77. The minimum atomic E-state index is 0.882. The lowest BCUT2D eigenvalue weighted by molar-refractivity contribution is 1.22. The molecule has 0 radical (unpaired) electrons. The molecule has 1 aromatic heterocycles. The fraction of sp³-hybridized carbons (Fsp3) is 0.0714.